The molecule has 3 heterocycles. The fourth-order valence-corrected chi connectivity index (χ4v) is 6.08. The molecule has 13 N–H and O–H groups in total. The SMILES string of the molecule is CN[C@@H]1[C@@H](O)[C@@H](O[C@H]2[C@H](NC(=O)C3(O)CNC3)C[C@H](N)C([C@H]3OC(CNCCO)=CC[C@H]3N)[C@@H]2O)OC[C@]1(C)O. The van der Waals surface area contributed by atoms with Crippen molar-refractivity contribution in [1.29, 1.82) is 0 Å². The van der Waals surface area contributed by atoms with Crippen molar-refractivity contribution < 1.29 is 44.5 Å². The van der Waals surface area contributed by atoms with E-state index in [1.54, 1.807) is 7.05 Å². The van der Waals surface area contributed by atoms with Crippen molar-refractivity contribution in [3.05, 3.63) is 11.8 Å². The zero-order valence-electron chi connectivity index (χ0n) is 23.0. The highest BCUT2D eigenvalue weighted by molar-refractivity contribution is 5.87. The van der Waals surface area contributed by atoms with E-state index in [0.717, 1.165) is 0 Å². The highest BCUT2D eigenvalue weighted by Crippen LogP contribution is 2.36. The third-order valence-corrected chi connectivity index (χ3v) is 8.45. The molecule has 0 bridgehead atoms. The summed E-state index contributed by atoms with van der Waals surface area (Å²) in [5.74, 6) is -0.737. The quantitative estimate of drug-likeness (QED) is 0.109. The molecule has 4 rings (SSSR count). The molecule has 0 radical (unpaired) electrons. The zero-order valence-corrected chi connectivity index (χ0v) is 23.0. The molecule has 11 atom stereocenters. The van der Waals surface area contributed by atoms with Crippen LogP contribution in [0.1, 0.15) is 19.8 Å². The number of nitrogens with one attached hydrogen (secondary N) is 4. The molecule has 1 unspecified atom stereocenters. The van der Waals surface area contributed by atoms with Gasteiger partial charge in [0.05, 0.1) is 37.9 Å². The number of amides is 1. The second-order valence-electron chi connectivity index (χ2n) is 11.6. The lowest BCUT2D eigenvalue weighted by atomic mass is 9.72. The molecular formula is C25H46N6O9. The largest absolute Gasteiger partial charge is 0.492 e. The predicted molar refractivity (Wildman–Crippen MR) is 141 cm³/mol. The number of hydrogen-bond acceptors (Lipinski definition) is 14. The zero-order chi connectivity index (χ0) is 29.2. The number of carbonyl (C=O) groups excluding carboxylic acids is 1. The van der Waals surface area contributed by atoms with Crippen LogP contribution in [0, 0.1) is 5.92 Å². The number of carbonyl (C=O) groups is 1. The van der Waals surface area contributed by atoms with Crippen LogP contribution in [0.15, 0.2) is 11.8 Å². The van der Waals surface area contributed by atoms with Crippen LogP contribution in [-0.4, -0.2) is 144 Å². The highest BCUT2D eigenvalue weighted by Gasteiger charge is 2.54. The van der Waals surface area contributed by atoms with Gasteiger partial charge >= 0.3 is 0 Å². The Morgan fingerprint density at radius 3 is 2.58 bits per heavy atom. The van der Waals surface area contributed by atoms with Crippen LogP contribution in [0.2, 0.25) is 0 Å². The minimum absolute atomic E-state index is 0.0291. The summed E-state index contributed by atoms with van der Waals surface area (Å²) in [7, 11) is 1.59. The number of β-amino-alcohol motifs (C(OH)–C–C–N with tert-alkyl or cyclic N) is 1. The van der Waals surface area contributed by atoms with Gasteiger partial charge in [-0.1, -0.05) is 0 Å². The second kappa shape index (κ2) is 12.8. The molecule has 0 aromatic rings. The lowest BCUT2D eigenvalue weighted by Crippen LogP contribution is -2.72. The Balaban J connectivity index is 1.56. The minimum atomic E-state index is -1.59. The summed E-state index contributed by atoms with van der Waals surface area (Å²) in [6.07, 6.45) is -3.19. The summed E-state index contributed by atoms with van der Waals surface area (Å²) in [4.78, 5) is 12.9. The fourth-order valence-electron chi connectivity index (χ4n) is 6.08. The predicted octanol–water partition coefficient (Wildman–Crippen LogP) is -5.46. The van der Waals surface area contributed by atoms with E-state index < -0.39 is 77.9 Å². The van der Waals surface area contributed by atoms with Crippen molar-refractivity contribution in [1.82, 2.24) is 21.3 Å². The molecule has 1 saturated carbocycles. The molecule has 4 aliphatic rings. The maximum atomic E-state index is 12.9. The Morgan fingerprint density at radius 2 is 1.95 bits per heavy atom. The van der Waals surface area contributed by atoms with Gasteiger partial charge in [0.15, 0.2) is 11.9 Å². The summed E-state index contributed by atoms with van der Waals surface area (Å²) in [5.41, 5.74) is 10.0. The first-order valence-electron chi connectivity index (χ1n) is 13.9. The molecular weight excluding hydrogens is 528 g/mol. The van der Waals surface area contributed by atoms with Crippen molar-refractivity contribution in [2.24, 2.45) is 17.4 Å². The number of aliphatic hydroxyl groups is 5. The molecule has 15 nitrogen and oxygen atoms in total. The molecule has 0 spiro atoms. The van der Waals surface area contributed by atoms with Crippen LogP contribution in [0.25, 0.3) is 0 Å². The van der Waals surface area contributed by atoms with Crippen LogP contribution in [-0.2, 0) is 19.0 Å². The van der Waals surface area contributed by atoms with Gasteiger partial charge in [-0.2, -0.15) is 0 Å². The van der Waals surface area contributed by atoms with Gasteiger partial charge in [-0.15, -0.1) is 0 Å². The normalized spacial score (nSPS) is 43.3. The number of likely N-dealkylation sites (N-methyl/N-ethyl adjacent to an activating group) is 1. The van der Waals surface area contributed by atoms with E-state index in [0.29, 0.717) is 25.3 Å². The number of rotatable bonds is 10. The van der Waals surface area contributed by atoms with E-state index in [2.05, 4.69) is 21.3 Å². The van der Waals surface area contributed by atoms with E-state index in [4.69, 9.17) is 30.8 Å². The van der Waals surface area contributed by atoms with Crippen molar-refractivity contribution in [2.75, 3.05) is 46.4 Å². The van der Waals surface area contributed by atoms with Crippen molar-refractivity contribution >= 4 is 5.91 Å². The van der Waals surface area contributed by atoms with Gasteiger partial charge in [-0.3, -0.25) is 4.79 Å². The van der Waals surface area contributed by atoms with Gasteiger partial charge in [0.25, 0.3) is 5.91 Å². The summed E-state index contributed by atoms with van der Waals surface area (Å²) < 4.78 is 18.0. The smallest absolute Gasteiger partial charge is 0.254 e. The van der Waals surface area contributed by atoms with E-state index >= 15 is 0 Å². The van der Waals surface area contributed by atoms with Gasteiger partial charge in [-0.25, -0.2) is 0 Å². The molecule has 230 valence electrons. The van der Waals surface area contributed by atoms with E-state index in [-0.39, 0.29) is 32.7 Å². The van der Waals surface area contributed by atoms with Crippen LogP contribution in [0.4, 0.5) is 0 Å². The highest BCUT2D eigenvalue weighted by atomic mass is 16.7. The number of aliphatic hydroxyl groups excluding tert-OH is 3. The Morgan fingerprint density at radius 1 is 1.23 bits per heavy atom. The average molecular weight is 575 g/mol. The average Bonchev–Trinajstić information content (AvgIpc) is 2.87. The second-order valence-corrected chi connectivity index (χ2v) is 11.6. The maximum Gasteiger partial charge on any atom is 0.254 e. The molecule has 0 aromatic carbocycles. The molecule has 40 heavy (non-hydrogen) atoms. The van der Waals surface area contributed by atoms with Gasteiger partial charge in [0.1, 0.15) is 29.7 Å². The van der Waals surface area contributed by atoms with E-state index in [9.17, 15) is 25.2 Å². The molecule has 15 heteroatoms. The first-order valence-corrected chi connectivity index (χ1v) is 13.9. The Labute approximate surface area is 233 Å². The third-order valence-electron chi connectivity index (χ3n) is 8.45. The monoisotopic (exact) mass is 574 g/mol. The van der Waals surface area contributed by atoms with Gasteiger partial charge in [0, 0.05) is 37.6 Å². The fraction of sp³-hybridized carbons (Fsp3) is 0.880. The standard InChI is InChI=1S/C25H46N6O9/c1-24(36)11-38-22(18(34)21(24)28-2)40-20-15(31-23(35)25(37)9-30-10-25)7-14(27)16(17(20)33)19-13(26)4-3-12(39-19)8-29-5-6-32/h3,13-22,28-30,32-34,36-37H,4-11,26-27H2,1-2H3,(H,31,35)/t13-,14+,15-,16?,17+,18-,19+,20+,21-,22-,24+/m1/s1. The van der Waals surface area contributed by atoms with E-state index in [1.807, 2.05) is 6.08 Å². The Hall–Kier alpha value is -1.47. The molecule has 0 aromatic heterocycles. The summed E-state index contributed by atoms with van der Waals surface area (Å²) in [6, 6.07) is -2.79. The van der Waals surface area contributed by atoms with Crippen LogP contribution < -0.4 is 32.7 Å². The first-order chi connectivity index (χ1) is 18.9. The summed E-state index contributed by atoms with van der Waals surface area (Å²) in [6.45, 7) is 2.26. The van der Waals surface area contributed by atoms with Crippen molar-refractivity contribution in [3.63, 3.8) is 0 Å². The number of nitrogens with two attached hydrogens (primary N) is 2. The summed E-state index contributed by atoms with van der Waals surface area (Å²) in [5, 5.41) is 64.5. The lowest BCUT2D eigenvalue weighted by Gasteiger charge is -2.51. The van der Waals surface area contributed by atoms with Crippen LogP contribution in [0.3, 0.4) is 0 Å². The van der Waals surface area contributed by atoms with Crippen molar-refractivity contribution in [2.45, 2.75) is 85.8 Å². The third kappa shape index (κ3) is 6.45. The van der Waals surface area contributed by atoms with Crippen LogP contribution >= 0.6 is 0 Å². The molecule has 1 aliphatic carbocycles. The Kier molecular flexibility index (Phi) is 10.1. The van der Waals surface area contributed by atoms with E-state index in [1.165, 1.54) is 6.92 Å². The topological polar surface area (TPSA) is 246 Å². The van der Waals surface area contributed by atoms with Gasteiger partial charge < -0.3 is 72.5 Å². The summed E-state index contributed by atoms with van der Waals surface area (Å²) >= 11 is 0. The van der Waals surface area contributed by atoms with Crippen LogP contribution in [0.5, 0.6) is 0 Å². The Bertz CT molecular complexity index is 906. The van der Waals surface area contributed by atoms with Crippen molar-refractivity contribution in [3.8, 4) is 0 Å². The van der Waals surface area contributed by atoms with Gasteiger partial charge in [-0.05, 0) is 32.9 Å². The number of ether oxygens (including phenoxy) is 3. The number of hydrogen-bond donors (Lipinski definition) is 11. The molecule has 3 fully saturated rings. The first kappa shape index (κ1) is 31.5. The molecule has 3 aliphatic heterocycles. The minimum Gasteiger partial charge on any atom is -0.492 e. The lowest BCUT2D eigenvalue weighted by molar-refractivity contribution is -0.297. The molecule has 1 amide bonds. The molecule has 2 saturated heterocycles. The van der Waals surface area contributed by atoms with Gasteiger partial charge in [0.2, 0.25) is 0 Å². The maximum absolute atomic E-state index is 12.9.